The smallest absolute Gasteiger partial charge is 0.338 e. The van der Waals surface area contributed by atoms with Crippen LogP contribution >= 0.6 is 0 Å². The molecule has 104 valence electrons. The molecule has 0 aliphatic rings. The quantitative estimate of drug-likeness (QED) is 0.448. The van der Waals surface area contributed by atoms with E-state index >= 15 is 0 Å². The Morgan fingerprint density at radius 1 is 1.26 bits per heavy atom. The van der Waals surface area contributed by atoms with Crippen molar-refractivity contribution >= 4 is 11.7 Å². The molecule has 5 heteroatoms. The summed E-state index contributed by atoms with van der Waals surface area (Å²) in [5.41, 5.74) is 0.299. The van der Waals surface area contributed by atoms with Gasteiger partial charge in [-0.2, -0.15) is 0 Å². The van der Waals surface area contributed by atoms with Crippen molar-refractivity contribution in [3.63, 3.8) is 0 Å². The zero-order valence-corrected chi connectivity index (χ0v) is 11.5. The van der Waals surface area contributed by atoms with E-state index in [4.69, 9.17) is 4.74 Å². The molecule has 0 saturated carbocycles. The lowest BCUT2D eigenvalue weighted by atomic mass is 9.98. The van der Waals surface area contributed by atoms with Crippen LogP contribution in [0.2, 0.25) is 0 Å². The average molecular weight is 265 g/mol. The summed E-state index contributed by atoms with van der Waals surface area (Å²) in [7, 11) is 0. The molecule has 1 atom stereocenters. The fourth-order valence-electron chi connectivity index (χ4n) is 2.00. The zero-order valence-electron chi connectivity index (χ0n) is 11.5. The zero-order chi connectivity index (χ0) is 14.4. The lowest BCUT2D eigenvalue weighted by Gasteiger charge is -2.21. The Bertz CT molecular complexity index is 437. The number of carbonyl (C=O) groups is 1. The number of rotatable bonds is 6. The molecule has 0 heterocycles. The van der Waals surface area contributed by atoms with E-state index in [9.17, 15) is 14.9 Å². The van der Waals surface area contributed by atoms with Gasteiger partial charge in [0.05, 0.1) is 10.5 Å². The molecule has 0 fully saturated rings. The molecule has 1 aromatic rings. The van der Waals surface area contributed by atoms with Crippen LogP contribution in [0.4, 0.5) is 5.69 Å². The third-order valence-corrected chi connectivity index (χ3v) is 3.32. The summed E-state index contributed by atoms with van der Waals surface area (Å²) in [6, 6.07) is 5.44. The van der Waals surface area contributed by atoms with Crippen molar-refractivity contribution in [1.82, 2.24) is 0 Å². The SMILES string of the molecule is CCC(CC)C(C)OC(=O)c1ccc([N+](=O)[O-])cc1. The highest BCUT2D eigenvalue weighted by Gasteiger charge is 2.19. The molecule has 0 N–H and O–H groups in total. The monoisotopic (exact) mass is 265 g/mol. The maximum atomic E-state index is 11.9. The molecule has 0 spiro atoms. The molecule has 0 radical (unpaired) electrons. The minimum absolute atomic E-state index is 0.0374. The summed E-state index contributed by atoms with van der Waals surface area (Å²) >= 11 is 0. The molecule has 0 bridgehead atoms. The Morgan fingerprint density at radius 3 is 2.21 bits per heavy atom. The van der Waals surface area contributed by atoms with Gasteiger partial charge >= 0.3 is 5.97 Å². The van der Waals surface area contributed by atoms with Crippen LogP contribution in [0.15, 0.2) is 24.3 Å². The first kappa shape index (κ1) is 15.1. The predicted octanol–water partition coefficient (Wildman–Crippen LogP) is 3.58. The van der Waals surface area contributed by atoms with Gasteiger partial charge < -0.3 is 4.74 Å². The number of nitro groups is 1. The summed E-state index contributed by atoms with van der Waals surface area (Å²) in [6.45, 7) is 6.00. The minimum atomic E-state index is -0.498. The lowest BCUT2D eigenvalue weighted by Crippen LogP contribution is -2.23. The van der Waals surface area contributed by atoms with Gasteiger partial charge in [-0.3, -0.25) is 10.1 Å². The molecule has 0 saturated heterocycles. The fraction of sp³-hybridized carbons (Fsp3) is 0.500. The van der Waals surface area contributed by atoms with E-state index in [0.29, 0.717) is 11.5 Å². The van der Waals surface area contributed by atoms with E-state index in [2.05, 4.69) is 13.8 Å². The number of hydrogen-bond acceptors (Lipinski definition) is 4. The van der Waals surface area contributed by atoms with Crippen LogP contribution in [-0.2, 0) is 4.74 Å². The van der Waals surface area contributed by atoms with Crippen LogP contribution in [-0.4, -0.2) is 17.0 Å². The number of hydrogen-bond donors (Lipinski definition) is 0. The van der Waals surface area contributed by atoms with Crippen molar-refractivity contribution < 1.29 is 14.5 Å². The largest absolute Gasteiger partial charge is 0.459 e. The van der Waals surface area contributed by atoms with Crippen molar-refractivity contribution in [3.05, 3.63) is 39.9 Å². The lowest BCUT2D eigenvalue weighted by molar-refractivity contribution is -0.384. The Kier molecular flexibility index (Phi) is 5.48. The summed E-state index contributed by atoms with van der Waals surface area (Å²) in [5.74, 6) is -0.101. The number of carbonyl (C=O) groups excluding carboxylic acids is 1. The Morgan fingerprint density at radius 2 is 1.79 bits per heavy atom. The van der Waals surface area contributed by atoms with Crippen molar-refractivity contribution in [2.75, 3.05) is 0 Å². The first-order chi connectivity index (χ1) is 8.99. The second kappa shape index (κ2) is 6.87. The van der Waals surface area contributed by atoms with Crippen LogP contribution in [0, 0.1) is 16.0 Å². The van der Waals surface area contributed by atoms with Crippen molar-refractivity contribution in [2.45, 2.75) is 39.7 Å². The van der Waals surface area contributed by atoms with E-state index in [1.807, 2.05) is 6.92 Å². The van der Waals surface area contributed by atoms with Crippen LogP contribution < -0.4 is 0 Å². The van der Waals surface area contributed by atoms with Crippen LogP contribution in [0.25, 0.3) is 0 Å². The van der Waals surface area contributed by atoms with Gasteiger partial charge in [-0.05, 0) is 37.8 Å². The number of esters is 1. The highest BCUT2D eigenvalue weighted by molar-refractivity contribution is 5.89. The maximum Gasteiger partial charge on any atom is 0.338 e. The van der Waals surface area contributed by atoms with E-state index in [1.165, 1.54) is 24.3 Å². The standard InChI is InChI=1S/C14H19NO4/c1-4-11(5-2)10(3)19-14(16)12-6-8-13(9-7-12)15(17)18/h6-11H,4-5H2,1-3H3. The first-order valence-electron chi connectivity index (χ1n) is 6.45. The molecule has 1 aromatic carbocycles. The summed E-state index contributed by atoms with van der Waals surface area (Å²) in [4.78, 5) is 21.9. The molecule has 0 aliphatic carbocycles. The van der Waals surface area contributed by atoms with Crippen molar-refractivity contribution in [1.29, 1.82) is 0 Å². The Balaban J connectivity index is 2.70. The van der Waals surface area contributed by atoms with Gasteiger partial charge in [0.15, 0.2) is 0 Å². The normalized spacial score (nSPS) is 12.2. The Hall–Kier alpha value is -1.91. The van der Waals surface area contributed by atoms with Crippen LogP contribution in [0.5, 0.6) is 0 Å². The number of ether oxygens (including phenoxy) is 1. The van der Waals surface area contributed by atoms with E-state index < -0.39 is 10.9 Å². The molecule has 0 aliphatic heterocycles. The molecule has 1 unspecified atom stereocenters. The molecule has 19 heavy (non-hydrogen) atoms. The molecule has 0 aromatic heterocycles. The molecule has 0 amide bonds. The van der Waals surface area contributed by atoms with E-state index in [1.54, 1.807) is 0 Å². The molecular formula is C14H19NO4. The Labute approximate surface area is 112 Å². The fourth-order valence-corrected chi connectivity index (χ4v) is 2.00. The number of non-ortho nitro benzene ring substituents is 1. The highest BCUT2D eigenvalue weighted by atomic mass is 16.6. The van der Waals surface area contributed by atoms with E-state index in [0.717, 1.165) is 12.8 Å². The van der Waals surface area contributed by atoms with Gasteiger partial charge in [0, 0.05) is 12.1 Å². The second-order valence-corrected chi connectivity index (χ2v) is 4.49. The highest BCUT2D eigenvalue weighted by Crippen LogP contribution is 2.18. The summed E-state index contributed by atoms with van der Waals surface area (Å²) in [5, 5.41) is 10.5. The number of benzene rings is 1. The van der Waals surface area contributed by atoms with Gasteiger partial charge in [0.1, 0.15) is 6.10 Å². The van der Waals surface area contributed by atoms with Crippen molar-refractivity contribution in [3.8, 4) is 0 Å². The third-order valence-electron chi connectivity index (χ3n) is 3.32. The molecule has 1 rings (SSSR count). The summed E-state index contributed by atoms with van der Waals surface area (Å²) in [6.07, 6.45) is 1.74. The molecular weight excluding hydrogens is 246 g/mol. The van der Waals surface area contributed by atoms with Gasteiger partial charge in [0.2, 0.25) is 0 Å². The van der Waals surface area contributed by atoms with Gasteiger partial charge in [-0.15, -0.1) is 0 Å². The summed E-state index contributed by atoms with van der Waals surface area (Å²) < 4.78 is 5.37. The van der Waals surface area contributed by atoms with Crippen molar-refractivity contribution in [2.24, 2.45) is 5.92 Å². The predicted molar refractivity (Wildman–Crippen MR) is 72.0 cm³/mol. The van der Waals surface area contributed by atoms with Gasteiger partial charge in [0.25, 0.3) is 5.69 Å². The minimum Gasteiger partial charge on any atom is -0.459 e. The topological polar surface area (TPSA) is 69.4 Å². The average Bonchev–Trinajstić information content (AvgIpc) is 2.40. The van der Waals surface area contributed by atoms with Gasteiger partial charge in [-0.25, -0.2) is 4.79 Å². The van der Waals surface area contributed by atoms with E-state index in [-0.39, 0.29) is 11.8 Å². The third kappa shape index (κ3) is 4.05. The van der Waals surface area contributed by atoms with Crippen LogP contribution in [0.1, 0.15) is 44.0 Å². The first-order valence-corrected chi connectivity index (χ1v) is 6.45. The second-order valence-electron chi connectivity index (χ2n) is 4.49. The van der Waals surface area contributed by atoms with Gasteiger partial charge in [-0.1, -0.05) is 13.8 Å². The number of nitro benzene ring substituents is 1. The number of nitrogens with zero attached hydrogens (tertiary/aromatic N) is 1. The maximum absolute atomic E-state index is 11.9. The van der Waals surface area contributed by atoms with Crippen LogP contribution in [0.3, 0.4) is 0 Å². The molecule has 5 nitrogen and oxygen atoms in total.